The molecule has 0 unspecified atom stereocenters. The third-order valence-corrected chi connectivity index (χ3v) is 1.79. The minimum Gasteiger partial charge on any atom is -0.394 e. The Hall–Kier alpha value is -1.73. The minimum absolute atomic E-state index is 0.0323. The van der Waals surface area contributed by atoms with Crippen LogP contribution in [0.15, 0.2) is 18.5 Å². The first kappa shape index (κ1) is 12.3. The van der Waals surface area contributed by atoms with Gasteiger partial charge >= 0.3 is 5.69 Å². The van der Waals surface area contributed by atoms with E-state index in [0.29, 0.717) is 18.8 Å². The molecule has 1 aromatic heterocycles. The molecule has 0 fully saturated rings. The van der Waals surface area contributed by atoms with Crippen molar-refractivity contribution in [3.05, 3.63) is 28.6 Å². The van der Waals surface area contributed by atoms with Crippen LogP contribution in [0.1, 0.15) is 0 Å². The first-order valence-electron chi connectivity index (χ1n) is 4.76. The Labute approximate surface area is 92.2 Å². The molecule has 0 bridgehead atoms. The summed E-state index contributed by atoms with van der Waals surface area (Å²) in [6.45, 7) is 1.04. The SMILES string of the molecule is O=[N+]([O-])c1cnccc1NCCOCCO. The van der Waals surface area contributed by atoms with E-state index in [-0.39, 0.29) is 18.9 Å². The molecule has 0 amide bonds. The summed E-state index contributed by atoms with van der Waals surface area (Å²) in [5.74, 6) is 0. The van der Waals surface area contributed by atoms with Crippen molar-refractivity contribution in [2.45, 2.75) is 0 Å². The van der Waals surface area contributed by atoms with Crippen molar-refractivity contribution < 1.29 is 14.8 Å². The summed E-state index contributed by atoms with van der Waals surface area (Å²) < 4.78 is 5.01. The number of aliphatic hydroxyl groups excluding tert-OH is 1. The van der Waals surface area contributed by atoms with Crippen molar-refractivity contribution in [1.82, 2.24) is 4.98 Å². The van der Waals surface area contributed by atoms with Gasteiger partial charge in [0.05, 0.1) is 24.7 Å². The van der Waals surface area contributed by atoms with Crippen LogP contribution in [0.25, 0.3) is 0 Å². The Bertz CT molecular complexity index is 345. The number of nitro groups is 1. The molecule has 2 N–H and O–H groups in total. The third kappa shape index (κ3) is 3.79. The van der Waals surface area contributed by atoms with Gasteiger partial charge in [0.15, 0.2) is 0 Å². The lowest BCUT2D eigenvalue weighted by atomic mass is 10.3. The Morgan fingerprint density at radius 3 is 3.06 bits per heavy atom. The molecule has 7 heteroatoms. The molecule has 7 nitrogen and oxygen atoms in total. The van der Waals surface area contributed by atoms with Gasteiger partial charge in [-0.05, 0) is 6.07 Å². The van der Waals surface area contributed by atoms with Gasteiger partial charge in [0.1, 0.15) is 11.9 Å². The van der Waals surface area contributed by atoms with E-state index in [0.717, 1.165) is 0 Å². The molecule has 1 rings (SSSR count). The molecule has 0 spiro atoms. The maximum atomic E-state index is 10.6. The fourth-order valence-corrected chi connectivity index (χ4v) is 1.11. The van der Waals surface area contributed by atoms with Crippen LogP contribution in [0.5, 0.6) is 0 Å². The Balaban J connectivity index is 2.44. The number of nitrogens with one attached hydrogen (secondary N) is 1. The fraction of sp³-hybridized carbons (Fsp3) is 0.444. The van der Waals surface area contributed by atoms with E-state index in [1.54, 1.807) is 0 Å². The topological polar surface area (TPSA) is 97.5 Å². The highest BCUT2D eigenvalue weighted by Gasteiger charge is 2.11. The number of ether oxygens (including phenoxy) is 1. The molecule has 0 aliphatic rings. The van der Waals surface area contributed by atoms with Crippen molar-refractivity contribution >= 4 is 11.4 Å². The number of aliphatic hydroxyl groups is 1. The summed E-state index contributed by atoms with van der Waals surface area (Å²) in [5, 5.41) is 21.9. The summed E-state index contributed by atoms with van der Waals surface area (Å²) in [7, 11) is 0. The minimum atomic E-state index is -0.496. The summed E-state index contributed by atoms with van der Waals surface area (Å²) in [4.78, 5) is 13.8. The summed E-state index contributed by atoms with van der Waals surface area (Å²) in [5.41, 5.74) is 0.345. The van der Waals surface area contributed by atoms with E-state index < -0.39 is 4.92 Å². The number of anilines is 1. The highest BCUT2D eigenvalue weighted by Crippen LogP contribution is 2.21. The lowest BCUT2D eigenvalue weighted by Gasteiger charge is -2.06. The number of pyridine rings is 1. The highest BCUT2D eigenvalue weighted by molar-refractivity contribution is 5.59. The van der Waals surface area contributed by atoms with Crippen molar-refractivity contribution in [3.63, 3.8) is 0 Å². The van der Waals surface area contributed by atoms with Crippen LogP contribution in [0.3, 0.4) is 0 Å². The summed E-state index contributed by atoms with van der Waals surface area (Å²) in [6.07, 6.45) is 2.67. The molecule has 0 atom stereocenters. The zero-order chi connectivity index (χ0) is 11.8. The van der Waals surface area contributed by atoms with Crippen LogP contribution in [-0.4, -0.2) is 41.4 Å². The number of nitrogens with zero attached hydrogens (tertiary/aromatic N) is 2. The van der Waals surface area contributed by atoms with Crippen LogP contribution >= 0.6 is 0 Å². The lowest BCUT2D eigenvalue weighted by Crippen LogP contribution is -2.12. The third-order valence-electron chi connectivity index (χ3n) is 1.79. The van der Waals surface area contributed by atoms with Crippen LogP contribution in [-0.2, 0) is 4.74 Å². The fourth-order valence-electron chi connectivity index (χ4n) is 1.11. The zero-order valence-electron chi connectivity index (χ0n) is 8.63. The molecule has 1 heterocycles. The Kier molecular flexibility index (Phi) is 5.17. The average molecular weight is 227 g/mol. The molecule has 0 aliphatic heterocycles. The average Bonchev–Trinajstić information content (AvgIpc) is 2.29. The van der Waals surface area contributed by atoms with E-state index in [1.807, 2.05) is 0 Å². The molecule has 88 valence electrons. The first-order chi connectivity index (χ1) is 7.75. The van der Waals surface area contributed by atoms with E-state index in [4.69, 9.17) is 9.84 Å². The van der Waals surface area contributed by atoms with Gasteiger partial charge in [0.2, 0.25) is 0 Å². The smallest absolute Gasteiger partial charge is 0.310 e. The van der Waals surface area contributed by atoms with E-state index in [1.165, 1.54) is 18.5 Å². The van der Waals surface area contributed by atoms with Gasteiger partial charge in [0.25, 0.3) is 0 Å². The Morgan fingerprint density at radius 2 is 2.38 bits per heavy atom. The molecule has 0 aliphatic carbocycles. The maximum absolute atomic E-state index is 10.6. The molecule has 0 aromatic carbocycles. The molecule has 0 radical (unpaired) electrons. The molecule has 1 aromatic rings. The summed E-state index contributed by atoms with van der Waals surface area (Å²) in [6, 6.07) is 1.53. The monoisotopic (exact) mass is 227 g/mol. The van der Waals surface area contributed by atoms with Crippen LogP contribution in [0, 0.1) is 10.1 Å². The standard InChI is InChI=1S/C9H13N3O4/c13-4-6-16-5-3-11-8-1-2-10-7-9(8)12(14)15/h1-2,7,13H,3-6H2,(H,10,11). The normalized spacial score (nSPS) is 10.1. The van der Waals surface area contributed by atoms with Gasteiger partial charge < -0.3 is 15.2 Å². The van der Waals surface area contributed by atoms with Gasteiger partial charge in [0, 0.05) is 12.7 Å². The number of rotatable bonds is 7. The predicted molar refractivity (Wildman–Crippen MR) is 57.3 cm³/mol. The zero-order valence-corrected chi connectivity index (χ0v) is 8.63. The quantitative estimate of drug-likeness (QED) is 0.398. The molecule has 16 heavy (non-hydrogen) atoms. The first-order valence-corrected chi connectivity index (χ1v) is 4.76. The van der Waals surface area contributed by atoms with Crippen LogP contribution < -0.4 is 5.32 Å². The van der Waals surface area contributed by atoms with Crippen molar-refractivity contribution in [2.24, 2.45) is 0 Å². The Morgan fingerprint density at radius 1 is 1.56 bits per heavy atom. The van der Waals surface area contributed by atoms with E-state index in [2.05, 4.69) is 10.3 Å². The largest absolute Gasteiger partial charge is 0.394 e. The second kappa shape index (κ2) is 6.70. The number of hydrogen-bond donors (Lipinski definition) is 2. The number of aromatic nitrogens is 1. The lowest BCUT2D eigenvalue weighted by molar-refractivity contribution is -0.384. The van der Waals surface area contributed by atoms with Gasteiger partial charge in [-0.2, -0.15) is 0 Å². The second-order valence-corrected chi connectivity index (χ2v) is 2.91. The van der Waals surface area contributed by atoms with Crippen molar-refractivity contribution in [1.29, 1.82) is 0 Å². The predicted octanol–water partition coefficient (Wildman–Crippen LogP) is 0.411. The number of hydrogen-bond acceptors (Lipinski definition) is 6. The maximum Gasteiger partial charge on any atom is 0.310 e. The van der Waals surface area contributed by atoms with Crippen LogP contribution in [0.2, 0.25) is 0 Å². The van der Waals surface area contributed by atoms with E-state index in [9.17, 15) is 10.1 Å². The molecule has 0 saturated heterocycles. The summed E-state index contributed by atoms with van der Waals surface area (Å²) >= 11 is 0. The highest BCUT2D eigenvalue weighted by atomic mass is 16.6. The van der Waals surface area contributed by atoms with Crippen molar-refractivity contribution in [2.75, 3.05) is 31.7 Å². The van der Waals surface area contributed by atoms with Gasteiger partial charge in [-0.3, -0.25) is 15.1 Å². The van der Waals surface area contributed by atoms with Gasteiger partial charge in [-0.15, -0.1) is 0 Å². The van der Waals surface area contributed by atoms with Crippen molar-refractivity contribution in [3.8, 4) is 0 Å². The van der Waals surface area contributed by atoms with E-state index >= 15 is 0 Å². The molecule has 0 saturated carbocycles. The van der Waals surface area contributed by atoms with Gasteiger partial charge in [-0.1, -0.05) is 0 Å². The molecular formula is C9H13N3O4. The second-order valence-electron chi connectivity index (χ2n) is 2.91. The molecular weight excluding hydrogens is 214 g/mol. The van der Waals surface area contributed by atoms with Gasteiger partial charge in [-0.25, -0.2) is 0 Å². The van der Waals surface area contributed by atoms with Crippen LogP contribution in [0.4, 0.5) is 11.4 Å².